The Balaban J connectivity index is 1.42. The number of rotatable bonds is 5. The summed E-state index contributed by atoms with van der Waals surface area (Å²) in [5.41, 5.74) is 4.50. The molecule has 1 saturated heterocycles. The third-order valence-electron chi connectivity index (χ3n) is 6.78. The minimum Gasteiger partial charge on any atom is -0.487 e. The summed E-state index contributed by atoms with van der Waals surface area (Å²) in [4.78, 5) is 25.2. The van der Waals surface area contributed by atoms with Crippen molar-refractivity contribution in [3.8, 4) is 28.0 Å². The summed E-state index contributed by atoms with van der Waals surface area (Å²) in [7, 11) is 0. The molecule has 192 valence electrons. The predicted octanol–water partition coefficient (Wildman–Crippen LogP) is 5.60. The molecule has 2 amide bonds. The highest BCUT2D eigenvalue weighted by atomic mass is 19.3. The van der Waals surface area contributed by atoms with Crippen LogP contribution in [0.4, 0.5) is 18.0 Å². The molecule has 0 bridgehead atoms. The van der Waals surface area contributed by atoms with Crippen LogP contribution in [0.25, 0.3) is 22.3 Å². The van der Waals surface area contributed by atoms with E-state index in [2.05, 4.69) is 5.32 Å². The number of carbonyl (C=O) groups is 2. The van der Waals surface area contributed by atoms with E-state index in [9.17, 15) is 22.8 Å². The zero-order valence-electron chi connectivity index (χ0n) is 19.8. The number of carbonyl (C=O) groups excluding carboxylic acids is 1. The van der Waals surface area contributed by atoms with Crippen LogP contribution in [0.1, 0.15) is 28.8 Å². The highest BCUT2D eigenvalue weighted by Gasteiger charge is 2.35. The SMILES string of the molecule is O=C(O)NCC1Cc2cc(-c3ccc(C(=O)N4CCC(F)(F)CC4)cc3)cc(-c3ccc(F)cc3)c2O1. The van der Waals surface area contributed by atoms with Crippen LogP contribution < -0.4 is 10.1 Å². The number of nitrogens with one attached hydrogen (secondary N) is 1. The van der Waals surface area contributed by atoms with Gasteiger partial charge in [0.1, 0.15) is 17.7 Å². The number of alkyl halides is 2. The van der Waals surface area contributed by atoms with Crippen LogP contribution in [0.2, 0.25) is 0 Å². The lowest BCUT2D eigenvalue weighted by Crippen LogP contribution is -2.42. The predicted molar refractivity (Wildman–Crippen MR) is 132 cm³/mol. The van der Waals surface area contributed by atoms with E-state index in [1.54, 1.807) is 36.4 Å². The lowest BCUT2D eigenvalue weighted by atomic mass is 9.93. The maximum absolute atomic E-state index is 13.6. The first-order valence-corrected chi connectivity index (χ1v) is 12.0. The monoisotopic (exact) mass is 510 g/mol. The summed E-state index contributed by atoms with van der Waals surface area (Å²) in [6.45, 7) is 0.177. The third kappa shape index (κ3) is 5.40. The zero-order chi connectivity index (χ0) is 26.2. The van der Waals surface area contributed by atoms with Crippen molar-refractivity contribution in [3.05, 3.63) is 77.6 Å². The molecule has 9 heteroatoms. The summed E-state index contributed by atoms with van der Waals surface area (Å²) >= 11 is 0. The van der Waals surface area contributed by atoms with Crippen LogP contribution in [0.15, 0.2) is 60.7 Å². The Bertz CT molecular complexity index is 1320. The summed E-state index contributed by atoms with van der Waals surface area (Å²) < 4.78 is 46.6. The molecule has 3 aromatic rings. The number of benzene rings is 3. The van der Waals surface area contributed by atoms with Gasteiger partial charge in [-0.2, -0.15) is 0 Å². The molecule has 0 aromatic heterocycles. The fourth-order valence-corrected chi connectivity index (χ4v) is 4.78. The van der Waals surface area contributed by atoms with Gasteiger partial charge in [-0.25, -0.2) is 18.0 Å². The van der Waals surface area contributed by atoms with Gasteiger partial charge >= 0.3 is 6.09 Å². The van der Waals surface area contributed by atoms with Crippen LogP contribution in [0.3, 0.4) is 0 Å². The molecule has 6 nitrogen and oxygen atoms in total. The van der Waals surface area contributed by atoms with Crippen molar-refractivity contribution in [3.63, 3.8) is 0 Å². The minimum absolute atomic E-state index is 0.0251. The fraction of sp³-hybridized carbons (Fsp3) is 0.286. The maximum Gasteiger partial charge on any atom is 0.404 e. The van der Waals surface area contributed by atoms with E-state index < -0.39 is 12.0 Å². The van der Waals surface area contributed by atoms with E-state index in [1.807, 2.05) is 12.1 Å². The van der Waals surface area contributed by atoms with Crippen molar-refractivity contribution in [1.29, 1.82) is 0 Å². The summed E-state index contributed by atoms with van der Waals surface area (Å²) in [6.07, 6.45) is -1.68. The summed E-state index contributed by atoms with van der Waals surface area (Å²) in [5, 5.41) is 11.3. The van der Waals surface area contributed by atoms with Crippen molar-refractivity contribution in [2.24, 2.45) is 0 Å². The highest BCUT2D eigenvalue weighted by Crippen LogP contribution is 2.42. The molecule has 0 aliphatic carbocycles. The number of hydrogen-bond acceptors (Lipinski definition) is 3. The first-order chi connectivity index (χ1) is 17.7. The van der Waals surface area contributed by atoms with Gasteiger partial charge in [0.15, 0.2) is 0 Å². The van der Waals surface area contributed by atoms with Crippen LogP contribution >= 0.6 is 0 Å². The molecule has 37 heavy (non-hydrogen) atoms. The van der Waals surface area contributed by atoms with Gasteiger partial charge in [0.25, 0.3) is 11.8 Å². The van der Waals surface area contributed by atoms with Crippen molar-refractivity contribution in [1.82, 2.24) is 10.2 Å². The summed E-state index contributed by atoms with van der Waals surface area (Å²) in [5.74, 6) is -2.73. The first kappa shape index (κ1) is 24.7. The Morgan fingerprint density at radius 1 is 0.973 bits per heavy atom. The Morgan fingerprint density at radius 2 is 1.62 bits per heavy atom. The standard InChI is InChI=1S/C28H25F3N2O4/c29-22-7-5-18(6-8-22)24-15-20(13-21-14-23(37-25(21)24)16-32-27(35)36)17-1-3-19(4-2-17)26(34)33-11-9-28(30,31)10-12-33/h1-8,13,15,23,32H,9-12,14,16H2,(H,35,36). The molecular formula is C28H25F3N2O4. The van der Waals surface area contributed by atoms with Crippen molar-refractivity contribution in [2.45, 2.75) is 31.3 Å². The number of ether oxygens (including phenoxy) is 1. The number of likely N-dealkylation sites (tertiary alicyclic amines) is 1. The van der Waals surface area contributed by atoms with Crippen molar-refractivity contribution < 1.29 is 32.6 Å². The van der Waals surface area contributed by atoms with Crippen LogP contribution in [-0.4, -0.2) is 53.7 Å². The fourth-order valence-electron chi connectivity index (χ4n) is 4.78. The number of halogens is 3. The normalized spacial score (nSPS) is 18.1. The Hall–Kier alpha value is -4.01. The van der Waals surface area contributed by atoms with Crippen molar-refractivity contribution in [2.75, 3.05) is 19.6 Å². The Labute approximate surface area is 211 Å². The number of amides is 2. The second-order valence-electron chi connectivity index (χ2n) is 9.37. The number of carboxylic acid groups (broad SMARTS) is 1. The molecule has 2 heterocycles. The minimum atomic E-state index is -2.72. The molecular weight excluding hydrogens is 485 g/mol. The molecule has 1 fully saturated rings. The zero-order valence-corrected chi connectivity index (χ0v) is 19.8. The van der Waals surface area contributed by atoms with Gasteiger partial charge in [-0.3, -0.25) is 4.79 Å². The maximum atomic E-state index is 13.6. The quantitative estimate of drug-likeness (QED) is 0.468. The van der Waals surface area contributed by atoms with Crippen LogP contribution in [-0.2, 0) is 6.42 Å². The highest BCUT2D eigenvalue weighted by molar-refractivity contribution is 5.95. The topological polar surface area (TPSA) is 78.9 Å². The van der Waals surface area contributed by atoms with Gasteiger partial charge < -0.3 is 20.1 Å². The molecule has 0 saturated carbocycles. The van der Waals surface area contributed by atoms with E-state index in [-0.39, 0.29) is 50.3 Å². The Kier molecular flexibility index (Phi) is 6.54. The van der Waals surface area contributed by atoms with Gasteiger partial charge in [-0.1, -0.05) is 24.3 Å². The molecule has 0 radical (unpaired) electrons. The molecule has 5 rings (SSSR count). The molecule has 1 atom stereocenters. The van der Waals surface area contributed by atoms with E-state index in [0.29, 0.717) is 17.7 Å². The van der Waals surface area contributed by atoms with Crippen LogP contribution in [0, 0.1) is 5.82 Å². The third-order valence-corrected chi connectivity index (χ3v) is 6.78. The van der Waals surface area contributed by atoms with Gasteiger partial charge in [-0.05, 0) is 58.7 Å². The molecule has 2 N–H and O–H groups in total. The smallest absolute Gasteiger partial charge is 0.404 e. The molecule has 2 aliphatic heterocycles. The Morgan fingerprint density at radius 3 is 2.27 bits per heavy atom. The van der Waals surface area contributed by atoms with Gasteiger partial charge in [0.05, 0.1) is 6.54 Å². The van der Waals surface area contributed by atoms with Gasteiger partial charge in [0, 0.05) is 43.5 Å². The number of fused-ring (bicyclic) bond motifs is 1. The number of hydrogen-bond donors (Lipinski definition) is 2. The molecule has 1 unspecified atom stereocenters. The molecule has 2 aliphatic rings. The molecule has 3 aromatic carbocycles. The lowest BCUT2D eigenvalue weighted by molar-refractivity contribution is -0.0494. The number of piperidine rings is 1. The average molecular weight is 511 g/mol. The molecule has 0 spiro atoms. The second-order valence-corrected chi connectivity index (χ2v) is 9.37. The van der Waals surface area contributed by atoms with E-state index in [1.165, 1.54) is 17.0 Å². The van der Waals surface area contributed by atoms with Crippen molar-refractivity contribution >= 4 is 12.0 Å². The lowest BCUT2D eigenvalue weighted by Gasteiger charge is -2.31. The van der Waals surface area contributed by atoms with E-state index >= 15 is 0 Å². The average Bonchev–Trinajstić information content (AvgIpc) is 3.30. The first-order valence-electron chi connectivity index (χ1n) is 12.0. The largest absolute Gasteiger partial charge is 0.487 e. The van der Waals surface area contributed by atoms with E-state index in [4.69, 9.17) is 9.84 Å². The number of nitrogens with zero attached hydrogens (tertiary/aromatic N) is 1. The second kappa shape index (κ2) is 9.80. The van der Waals surface area contributed by atoms with Crippen LogP contribution in [0.5, 0.6) is 5.75 Å². The van der Waals surface area contributed by atoms with Gasteiger partial charge in [0.2, 0.25) is 0 Å². The van der Waals surface area contributed by atoms with Gasteiger partial charge in [-0.15, -0.1) is 0 Å². The van der Waals surface area contributed by atoms with E-state index in [0.717, 1.165) is 27.8 Å². The summed E-state index contributed by atoms with van der Waals surface area (Å²) in [6, 6.07) is 16.9.